The van der Waals surface area contributed by atoms with Crippen LogP contribution in [0.4, 0.5) is 17.3 Å². The number of hydrogen-bond donors (Lipinski definition) is 3. The molecule has 17 heavy (non-hydrogen) atoms. The molecule has 5 heteroatoms. The van der Waals surface area contributed by atoms with E-state index in [4.69, 9.17) is 5.84 Å². The van der Waals surface area contributed by atoms with Gasteiger partial charge >= 0.3 is 0 Å². The Labute approximate surface area is 100 Å². The van der Waals surface area contributed by atoms with Gasteiger partial charge in [0.2, 0.25) is 0 Å². The van der Waals surface area contributed by atoms with E-state index in [0.717, 1.165) is 12.1 Å². The number of nitrogens with zero attached hydrogens (tertiary/aromatic N) is 2. The van der Waals surface area contributed by atoms with Crippen molar-refractivity contribution in [1.29, 1.82) is 0 Å². The van der Waals surface area contributed by atoms with Gasteiger partial charge in [0, 0.05) is 11.8 Å². The van der Waals surface area contributed by atoms with Crippen molar-refractivity contribution < 1.29 is 0 Å². The van der Waals surface area contributed by atoms with Gasteiger partial charge in [-0.25, -0.2) is 15.8 Å². The fraction of sp³-hybridized carbons (Fsp3) is 0.167. The minimum Gasteiger partial charge on any atom is -0.340 e. The number of nitrogens with one attached hydrogen (secondary N) is 2. The maximum Gasteiger partial charge on any atom is 0.145 e. The summed E-state index contributed by atoms with van der Waals surface area (Å²) in [7, 11) is 0. The van der Waals surface area contributed by atoms with Crippen molar-refractivity contribution in [2.75, 3.05) is 10.7 Å². The summed E-state index contributed by atoms with van der Waals surface area (Å²) in [6.07, 6.45) is 2.43. The predicted octanol–water partition coefficient (Wildman–Crippen LogP) is 2.07. The second-order valence-corrected chi connectivity index (χ2v) is 3.57. The van der Waals surface area contributed by atoms with E-state index in [1.165, 1.54) is 11.9 Å². The maximum atomic E-state index is 5.30. The quantitative estimate of drug-likeness (QED) is 0.552. The molecular formula is C12H15N5. The number of hydrogen-bond acceptors (Lipinski definition) is 5. The molecule has 0 bridgehead atoms. The number of anilines is 3. The third kappa shape index (κ3) is 2.70. The van der Waals surface area contributed by atoms with Crippen LogP contribution >= 0.6 is 0 Å². The van der Waals surface area contributed by atoms with Crippen molar-refractivity contribution in [3.05, 3.63) is 42.2 Å². The van der Waals surface area contributed by atoms with E-state index in [1.54, 1.807) is 6.07 Å². The maximum absolute atomic E-state index is 5.30. The van der Waals surface area contributed by atoms with Crippen LogP contribution in [0.15, 0.2) is 36.7 Å². The van der Waals surface area contributed by atoms with E-state index in [1.807, 2.05) is 18.2 Å². The van der Waals surface area contributed by atoms with Crippen LogP contribution in [0.1, 0.15) is 12.5 Å². The molecule has 88 valence electrons. The molecule has 0 fully saturated rings. The highest BCUT2D eigenvalue weighted by molar-refractivity contribution is 5.62. The lowest BCUT2D eigenvalue weighted by Gasteiger charge is -2.10. The Kier molecular flexibility index (Phi) is 3.52. The van der Waals surface area contributed by atoms with E-state index >= 15 is 0 Å². The van der Waals surface area contributed by atoms with Crippen LogP contribution in [0.25, 0.3) is 0 Å². The van der Waals surface area contributed by atoms with Crippen molar-refractivity contribution >= 4 is 17.3 Å². The molecule has 0 saturated carbocycles. The minimum atomic E-state index is 0.580. The van der Waals surface area contributed by atoms with E-state index in [9.17, 15) is 0 Å². The molecule has 0 aliphatic heterocycles. The van der Waals surface area contributed by atoms with Gasteiger partial charge in [0.1, 0.15) is 18.0 Å². The summed E-state index contributed by atoms with van der Waals surface area (Å²) in [6.45, 7) is 2.12. The zero-order valence-electron chi connectivity index (χ0n) is 9.64. The van der Waals surface area contributed by atoms with Crippen LogP contribution in [-0.2, 0) is 6.42 Å². The van der Waals surface area contributed by atoms with Crippen LogP contribution in [0.3, 0.4) is 0 Å². The molecular weight excluding hydrogens is 214 g/mol. The highest BCUT2D eigenvalue weighted by Gasteiger charge is 2.01. The highest BCUT2D eigenvalue weighted by atomic mass is 15.3. The monoisotopic (exact) mass is 229 g/mol. The molecule has 1 heterocycles. The normalized spacial score (nSPS) is 10.0. The van der Waals surface area contributed by atoms with Gasteiger partial charge in [0.05, 0.1) is 0 Å². The molecule has 0 atom stereocenters. The molecule has 2 rings (SSSR count). The molecule has 0 saturated heterocycles. The zero-order chi connectivity index (χ0) is 12.1. The molecule has 1 aromatic heterocycles. The summed E-state index contributed by atoms with van der Waals surface area (Å²) in [5.41, 5.74) is 4.79. The van der Waals surface area contributed by atoms with Gasteiger partial charge in [-0.3, -0.25) is 0 Å². The molecule has 0 spiro atoms. The van der Waals surface area contributed by atoms with Crippen molar-refractivity contribution in [3.63, 3.8) is 0 Å². The molecule has 5 nitrogen and oxygen atoms in total. The van der Waals surface area contributed by atoms with E-state index in [-0.39, 0.29) is 0 Å². The lowest BCUT2D eigenvalue weighted by atomic mass is 10.1. The van der Waals surface area contributed by atoms with Gasteiger partial charge in [-0.15, -0.1) is 0 Å². The number of nitrogens with two attached hydrogens (primary N) is 1. The number of para-hydroxylation sites is 1. The van der Waals surface area contributed by atoms with Crippen LogP contribution in [-0.4, -0.2) is 9.97 Å². The van der Waals surface area contributed by atoms with Crippen LogP contribution < -0.4 is 16.6 Å². The standard InChI is InChI=1S/C12H15N5/c1-2-9-5-3-4-6-10(9)16-11-7-12(17-13)15-8-14-11/h3-8H,2,13H2,1H3,(H2,14,15,16,17). The van der Waals surface area contributed by atoms with Crippen molar-refractivity contribution in [3.8, 4) is 0 Å². The lowest BCUT2D eigenvalue weighted by molar-refractivity contribution is 1.12. The first-order valence-corrected chi connectivity index (χ1v) is 5.47. The highest BCUT2D eigenvalue weighted by Crippen LogP contribution is 2.20. The number of rotatable bonds is 4. The lowest BCUT2D eigenvalue weighted by Crippen LogP contribution is -2.09. The van der Waals surface area contributed by atoms with Gasteiger partial charge in [0.25, 0.3) is 0 Å². The van der Waals surface area contributed by atoms with Crippen molar-refractivity contribution in [1.82, 2.24) is 9.97 Å². The zero-order valence-corrected chi connectivity index (χ0v) is 9.64. The van der Waals surface area contributed by atoms with Gasteiger partial charge in [-0.1, -0.05) is 25.1 Å². The minimum absolute atomic E-state index is 0.580. The Morgan fingerprint density at radius 1 is 1.18 bits per heavy atom. The largest absolute Gasteiger partial charge is 0.340 e. The summed E-state index contributed by atoms with van der Waals surface area (Å²) in [5.74, 6) is 6.60. The fourth-order valence-electron chi connectivity index (χ4n) is 1.59. The number of aromatic nitrogens is 2. The molecule has 4 N–H and O–H groups in total. The summed E-state index contributed by atoms with van der Waals surface area (Å²) in [5, 5.41) is 3.25. The Balaban J connectivity index is 2.24. The van der Waals surface area contributed by atoms with Gasteiger partial charge in [-0.05, 0) is 18.1 Å². The first-order valence-electron chi connectivity index (χ1n) is 5.47. The summed E-state index contributed by atoms with van der Waals surface area (Å²) in [4.78, 5) is 8.10. The molecule has 0 radical (unpaired) electrons. The first-order chi connectivity index (χ1) is 8.33. The molecule has 0 amide bonds. The van der Waals surface area contributed by atoms with E-state index < -0.39 is 0 Å². The predicted molar refractivity (Wildman–Crippen MR) is 68.9 cm³/mol. The summed E-state index contributed by atoms with van der Waals surface area (Å²) in [6, 6.07) is 9.89. The topological polar surface area (TPSA) is 75.9 Å². The second-order valence-electron chi connectivity index (χ2n) is 3.57. The summed E-state index contributed by atoms with van der Waals surface area (Å²) >= 11 is 0. The molecule has 0 aliphatic carbocycles. The van der Waals surface area contributed by atoms with E-state index in [0.29, 0.717) is 11.6 Å². The molecule has 1 aromatic carbocycles. The number of nitrogen functional groups attached to an aromatic ring is 1. The smallest absolute Gasteiger partial charge is 0.145 e. The van der Waals surface area contributed by atoms with Crippen LogP contribution in [0.2, 0.25) is 0 Å². The van der Waals surface area contributed by atoms with Gasteiger partial charge in [0.15, 0.2) is 0 Å². The Hall–Kier alpha value is -2.14. The van der Waals surface area contributed by atoms with Crippen molar-refractivity contribution in [2.45, 2.75) is 13.3 Å². The molecule has 2 aromatic rings. The van der Waals surface area contributed by atoms with Gasteiger partial charge in [-0.2, -0.15) is 0 Å². The molecule has 0 aliphatic rings. The first kappa shape index (κ1) is 11.3. The average molecular weight is 229 g/mol. The number of hydrazine groups is 1. The SMILES string of the molecule is CCc1ccccc1Nc1cc(NN)ncn1. The Morgan fingerprint density at radius 3 is 2.71 bits per heavy atom. The third-order valence-corrected chi connectivity index (χ3v) is 2.48. The van der Waals surface area contributed by atoms with Gasteiger partial charge < -0.3 is 10.7 Å². The Bertz CT molecular complexity index is 498. The number of benzene rings is 1. The Morgan fingerprint density at radius 2 is 1.94 bits per heavy atom. The van der Waals surface area contributed by atoms with Crippen LogP contribution in [0.5, 0.6) is 0 Å². The third-order valence-electron chi connectivity index (χ3n) is 2.48. The second kappa shape index (κ2) is 5.27. The van der Waals surface area contributed by atoms with Crippen LogP contribution in [0, 0.1) is 0 Å². The van der Waals surface area contributed by atoms with E-state index in [2.05, 4.69) is 33.7 Å². The average Bonchev–Trinajstić information content (AvgIpc) is 2.39. The number of aryl methyl sites for hydroxylation is 1. The summed E-state index contributed by atoms with van der Waals surface area (Å²) < 4.78 is 0. The fourth-order valence-corrected chi connectivity index (χ4v) is 1.59. The molecule has 0 unspecified atom stereocenters. The van der Waals surface area contributed by atoms with Crippen molar-refractivity contribution in [2.24, 2.45) is 5.84 Å².